The highest BCUT2D eigenvalue weighted by atomic mass is 16.5. The lowest BCUT2D eigenvalue weighted by Gasteiger charge is -2.22. The molecule has 1 aliphatic heterocycles. The topological polar surface area (TPSA) is 78.0 Å². The fraction of sp³-hybridized carbons (Fsp3) is 0.652. The Balaban J connectivity index is 1.34. The van der Waals surface area contributed by atoms with Crippen LogP contribution in [0.15, 0.2) is 29.3 Å². The highest BCUT2D eigenvalue weighted by Crippen LogP contribution is 2.20. The first kappa shape index (κ1) is 22.4. The minimum Gasteiger partial charge on any atom is -0.378 e. The number of anilines is 1. The van der Waals surface area contributed by atoms with Gasteiger partial charge in [0.25, 0.3) is 0 Å². The number of rotatable bonds is 8. The molecule has 1 aromatic rings. The number of nitrogens with zero attached hydrogens (tertiary/aromatic N) is 2. The number of carbonyl (C=O) groups is 1. The summed E-state index contributed by atoms with van der Waals surface area (Å²) in [7, 11) is 1.78. The van der Waals surface area contributed by atoms with Gasteiger partial charge >= 0.3 is 6.03 Å². The second kappa shape index (κ2) is 12.4. The highest BCUT2D eigenvalue weighted by Gasteiger charge is 2.17. The zero-order chi connectivity index (χ0) is 21.0. The van der Waals surface area contributed by atoms with Crippen molar-refractivity contribution in [1.82, 2.24) is 15.5 Å². The van der Waals surface area contributed by atoms with E-state index in [0.29, 0.717) is 12.6 Å². The van der Waals surface area contributed by atoms with Gasteiger partial charge in [0, 0.05) is 45.5 Å². The van der Waals surface area contributed by atoms with Crippen LogP contribution in [0.5, 0.6) is 0 Å². The highest BCUT2D eigenvalue weighted by molar-refractivity contribution is 5.89. The predicted octanol–water partition coefficient (Wildman–Crippen LogP) is 3.72. The van der Waals surface area contributed by atoms with Crippen molar-refractivity contribution in [2.24, 2.45) is 4.99 Å². The van der Waals surface area contributed by atoms with Crippen molar-refractivity contribution in [2.75, 3.05) is 38.6 Å². The van der Waals surface area contributed by atoms with E-state index in [-0.39, 0.29) is 6.03 Å². The second-order valence-electron chi connectivity index (χ2n) is 8.16. The molecule has 3 N–H and O–H groups in total. The average Bonchev–Trinajstić information content (AvgIpc) is 3.32. The van der Waals surface area contributed by atoms with Gasteiger partial charge in [-0.15, -0.1) is 0 Å². The summed E-state index contributed by atoms with van der Waals surface area (Å²) in [5, 5.41) is 9.68. The van der Waals surface area contributed by atoms with Crippen molar-refractivity contribution in [3.05, 3.63) is 29.8 Å². The van der Waals surface area contributed by atoms with E-state index in [1.807, 2.05) is 29.2 Å². The number of benzene rings is 1. The van der Waals surface area contributed by atoms with Crippen LogP contribution in [0.25, 0.3) is 0 Å². The van der Waals surface area contributed by atoms with Gasteiger partial charge in [-0.3, -0.25) is 4.99 Å². The molecule has 166 valence electrons. The molecule has 0 radical (unpaired) electrons. The lowest BCUT2D eigenvalue weighted by atomic mass is 9.98. The van der Waals surface area contributed by atoms with E-state index in [9.17, 15) is 4.79 Å². The van der Waals surface area contributed by atoms with Gasteiger partial charge in [-0.2, -0.15) is 0 Å². The normalized spacial score (nSPS) is 17.8. The van der Waals surface area contributed by atoms with Crippen LogP contribution in [0.1, 0.15) is 56.9 Å². The maximum atomic E-state index is 12.3. The monoisotopic (exact) mass is 415 g/mol. The summed E-state index contributed by atoms with van der Waals surface area (Å²) in [5.41, 5.74) is 1.92. The molecule has 2 amide bonds. The third kappa shape index (κ3) is 7.52. The molecule has 7 heteroatoms. The number of guanidine groups is 1. The van der Waals surface area contributed by atoms with Crippen LogP contribution in [-0.4, -0.2) is 56.3 Å². The third-order valence-electron chi connectivity index (χ3n) is 5.77. The largest absolute Gasteiger partial charge is 0.378 e. The summed E-state index contributed by atoms with van der Waals surface area (Å²) in [6.07, 6.45) is 10.0. The fourth-order valence-electron chi connectivity index (χ4n) is 4.05. The molecule has 0 spiro atoms. The van der Waals surface area contributed by atoms with Crippen LogP contribution in [0.4, 0.5) is 10.5 Å². The fourth-order valence-corrected chi connectivity index (χ4v) is 4.05. The number of likely N-dealkylation sites (tertiary alicyclic amines) is 1. The molecule has 1 aromatic carbocycles. The molecule has 0 atom stereocenters. The lowest BCUT2D eigenvalue weighted by Crippen LogP contribution is -2.37. The van der Waals surface area contributed by atoms with Crippen LogP contribution in [0.3, 0.4) is 0 Å². The van der Waals surface area contributed by atoms with E-state index < -0.39 is 0 Å². The SMILES string of the molecule is CN=C(NCCCOC1CCCCC1)NCc1cccc(NC(=O)N2CCCC2)c1. The Hall–Kier alpha value is -2.28. The molecule has 2 aliphatic rings. The van der Waals surface area contributed by atoms with Gasteiger partial charge < -0.3 is 25.6 Å². The number of amides is 2. The van der Waals surface area contributed by atoms with E-state index in [1.54, 1.807) is 7.05 Å². The van der Waals surface area contributed by atoms with Crippen LogP contribution in [0.2, 0.25) is 0 Å². The Bertz CT molecular complexity index is 682. The van der Waals surface area contributed by atoms with Crippen molar-refractivity contribution in [1.29, 1.82) is 0 Å². The minimum atomic E-state index is -0.00877. The summed E-state index contributed by atoms with van der Waals surface area (Å²) in [4.78, 5) is 18.4. The van der Waals surface area contributed by atoms with Gasteiger partial charge in [0.2, 0.25) is 0 Å². The third-order valence-corrected chi connectivity index (χ3v) is 5.77. The Labute approximate surface area is 180 Å². The lowest BCUT2D eigenvalue weighted by molar-refractivity contribution is 0.0277. The van der Waals surface area contributed by atoms with E-state index in [0.717, 1.165) is 62.7 Å². The van der Waals surface area contributed by atoms with Crippen molar-refractivity contribution in [3.8, 4) is 0 Å². The zero-order valence-electron chi connectivity index (χ0n) is 18.3. The Morgan fingerprint density at radius 1 is 1.13 bits per heavy atom. The molecule has 1 saturated carbocycles. The molecule has 2 fully saturated rings. The van der Waals surface area contributed by atoms with E-state index in [4.69, 9.17) is 4.74 Å². The second-order valence-corrected chi connectivity index (χ2v) is 8.16. The summed E-state index contributed by atoms with van der Waals surface area (Å²) in [6, 6.07) is 7.94. The number of carbonyl (C=O) groups excluding carboxylic acids is 1. The maximum Gasteiger partial charge on any atom is 0.321 e. The van der Waals surface area contributed by atoms with Crippen LogP contribution < -0.4 is 16.0 Å². The number of aliphatic imine (C=N–C) groups is 1. The van der Waals surface area contributed by atoms with Gasteiger partial charge in [0.15, 0.2) is 5.96 Å². The van der Waals surface area contributed by atoms with E-state index >= 15 is 0 Å². The number of nitrogens with one attached hydrogen (secondary N) is 3. The van der Waals surface area contributed by atoms with Gasteiger partial charge in [0.1, 0.15) is 0 Å². The molecule has 0 bridgehead atoms. The Morgan fingerprint density at radius 3 is 2.70 bits per heavy atom. The van der Waals surface area contributed by atoms with Crippen molar-refractivity contribution in [2.45, 2.75) is 64.0 Å². The standard InChI is InChI=1S/C23H37N5O2/c1-24-22(25-13-8-16-30-21-11-3-2-4-12-21)26-18-19-9-7-10-20(17-19)27-23(29)28-14-5-6-15-28/h7,9-10,17,21H,2-6,8,11-16,18H2,1H3,(H,27,29)(H2,24,25,26). The molecule has 0 aromatic heterocycles. The van der Waals surface area contributed by atoms with Crippen molar-refractivity contribution >= 4 is 17.7 Å². The average molecular weight is 416 g/mol. The zero-order valence-corrected chi connectivity index (χ0v) is 18.3. The smallest absolute Gasteiger partial charge is 0.321 e. The molecule has 0 unspecified atom stereocenters. The summed E-state index contributed by atoms with van der Waals surface area (Å²) in [5.74, 6) is 0.777. The first-order valence-corrected chi connectivity index (χ1v) is 11.5. The van der Waals surface area contributed by atoms with Crippen LogP contribution in [0, 0.1) is 0 Å². The quantitative estimate of drug-likeness (QED) is 0.344. The summed E-state index contributed by atoms with van der Waals surface area (Å²) >= 11 is 0. The van der Waals surface area contributed by atoms with Crippen LogP contribution in [-0.2, 0) is 11.3 Å². The molecule has 1 heterocycles. The summed E-state index contributed by atoms with van der Waals surface area (Å²) < 4.78 is 5.97. The molecular weight excluding hydrogens is 378 g/mol. The molecule has 30 heavy (non-hydrogen) atoms. The van der Waals surface area contributed by atoms with Gasteiger partial charge in [-0.1, -0.05) is 31.4 Å². The first-order valence-electron chi connectivity index (χ1n) is 11.5. The number of hydrogen-bond acceptors (Lipinski definition) is 3. The van der Waals surface area contributed by atoms with Crippen molar-refractivity contribution in [3.63, 3.8) is 0 Å². The number of hydrogen-bond donors (Lipinski definition) is 3. The summed E-state index contributed by atoms with van der Waals surface area (Å²) in [6.45, 7) is 3.97. The van der Waals surface area contributed by atoms with Crippen molar-refractivity contribution < 1.29 is 9.53 Å². The number of ether oxygens (including phenoxy) is 1. The Morgan fingerprint density at radius 2 is 1.93 bits per heavy atom. The van der Waals surface area contributed by atoms with E-state index in [1.165, 1.54) is 32.1 Å². The Kier molecular flexibility index (Phi) is 9.28. The van der Waals surface area contributed by atoms with E-state index in [2.05, 4.69) is 20.9 Å². The molecular formula is C23H37N5O2. The minimum absolute atomic E-state index is 0.00877. The number of urea groups is 1. The van der Waals surface area contributed by atoms with Gasteiger partial charge in [-0.05, 0) is 49.8 Å². The molecule has 3 rings (SSSR count). The van der Waals surface area contributed by atoms with Gasteiger partial charge in [-0.25, -0.2) is 4.79 Å². The molecule has 7 nitrogen and oxygen atoms in total. The maximum absolute atomic E-state index is 12.3. The molecule has 1 aliphatic carbocycles. The molecule has 1 saturated heterocycles. The first-order chi connectivity index (χ1) is 14.7. The van der Waals surface area contributed by atoms with Gasteiger partial charge in [0.05, 0.1) is 6.10 Å². The van der Waals surface area contributed by atoms with Crippen LogP contribution >= 0.6 is 0 Å². The predicted molar refractivity (Wildman–Crippen MR) is 122 cm³/mol.